The number of amides is 1. The lowest BCUT2D eigenvalue weighted by Gasteiger charge is -2.07. The number of benzene rings is 2. The van der Waals surface area contributed by atoms with E-state index in [9.17, 15) is 4.79 Å². The summed E-state index contributed by atoms with van der Waals surface area (Å²) >= 11 is 5.92. The molecule has 1 N–H and O–H groups in total. The van der Waals surface area contributed by atoms with Gasteiger partial charge in [-0.05, 0) is 41.8 Å². The van der Waals surface area contributed by atoms with Crippen molar-refractivity contribution in [1.29, 1.82) is 0 Å². The summed E-state index contributed by atoms with van der Waals surface area (Å²) in [4.78, 5) is 12.0. The van der Waals surface area contributed by atoms with Crippen LogP contribution >= 0.6 is 11.6 Å². The average molecular weight is 304 g/mol. The third-order valence-corrected chi connectivity index (χ3v) is 3.29. The zero-order valence-corrected chi connectivity index (χ0v) is 12.7. The standard InChI is InChI=1S/C17H18ClNO2/c1-21-12-14-5-3-7-16(11-14)19-17(20)9-8-13-4-2-6-15(18)10-13/h2-7,10-11H,8-9,12H2,1H3,(H,19,20). The van der Waals surface area contributed by atoms with Crippen molar-refractivity contribution in [3.8, 4) is 0 Å². The fraction of sp³-hybridized carbons (Fsp3) is 0.235. The Labute approximate surface area is 129 Å². The van der Waals surface area contributed by atoms with E-state index in [2.05, 4.69) is 5.32 Å². The van der Waals surface area contributed by atoms with Gasteiger partial charge < -0.3 is 10.1 Å². The molecule has 0 radical (unpaired) electrons. The molecule has 0 bridgehead atoms. The second-order valence-corrected chi connectivity index (χ2v) is 5.25. The zero-order valence-electron chi connectivity index (χ0n) is 11.9. The topological polar surface area (TPSA) is 38.3 Å². The van der Waals surface area contributed by atoms with Crippen molar-refractivity contribution in [2.45, 2.75) is 19.4 Å². The van der Waals surface area contributed by atoms with Gasteiger partial charge in [0.15, 0.2) is 0 Å². The van der Waals surface area contributed by atoms with Gasteiger partial charge in [-0.25, -0.2) is 0 Å². The average Bonchev–Trinajstić information content (AvgIpc) is 2.46. The van der Waals surface area contributed by atoms with Gasteiger partial charge in [-0.3, -0.25) is 4.79 Å². The summed E-state index contributed by atoms with van der Waals surface area (Å²) in [5.41, 5.74) is 2.89. The van der Waals surface area contributed by atoms with Crippen LogP contribution in [-0.2, 0) is 22.6 Å². The highest BCUT2D eigenvalue weighted by atomic mass is 35.5. The van der Waals surface area contributed by atoms with Crippen LogP contribution in [0.15, 0.2) is 48.5 Å². The molecule has 0 fully saturated rings. The van der Waals surface area contributed by atoms with E-state index in [-0.39, 0.29) is 5.91 Å². The van der Waals surface area contributed by atoms with Gasteiger partial charge in [-0.1, -0.05) is 35.9 Å². The van der Waals surface area contributed by atoms with E-state index < -0.39 is 0 Å². The van der Waals surface area contributed by atoms with Gasteiger partial charge in [-0.2, -0.15) is 0 Å². The fourth-order valence-electron chi connectivity index (χ4n) is 2.08. The van der Waals surface area contributed by atoms with Crippen molar-refractivity contribution in [3.63, 3.8) is 0 Å². The number of carbonyl (C=O) groups excluding carboxylic acids is 1. The predicted octanol–water partition coefficient (Wildman–Crippen LogP) is 4.06. The number of aryl methyl sites for hydroxylation is 1. The number of hydrogen-bond donors (Lipinski definition) is 1. The number of anilines is 1. The number of methoxy groups -OCH3 is 1. The van der Waals surface area contributed by atoms with E-state index in [0.29, 0.717) is 24.5 Å². The molecule has 0 aromatic heterocycles. The van der Waals surface area contributed by atoms with Gasteiger partial charge >= 0.3 is 0 Å². The van der Waals surface area contributed by atoms with E-state index in [1.807, 2.05) is 48.5 Å². The van der Waals surface area contributed by atoms with Crippen LogP contribution in [0.3, 0.4) is 0 Å². The molecule has 0 saturated heterocycles. The molecule has 0 aliphatic rings. The van der Waals surface area contributed by atoms with E-state index in [0.717, 1.165) is 16.8 Å². The number of nitrogens with one attached hydrogen (secondary N) is 1. The van der Waals surface area contributed by atoms with Gasteiger partial charge in [0.05, 0.1) is 6.61 Å². The summed E-state index contributed by atoms with van der Waals surface area (Å²) in [6.45, 7) is 0.534. The van der Waals surface area contributed by atoms with Crippen LogP contribution in [0.4, 0.5) is 5.69 Å². The van der Waals surface area contributed by atoms with Gasteiger partial charge in [-0.15, -0.1) is 0 Å². The molecule has 0 aliphatic heterocycles. The molecular formula is C17H18ClNO2. The largest absolute Gasteiger partial charge is 0.380 e. The molecule has 0 heterocycles. The summed E-state index contributed by atoms with van der Waals surface area (Å²) in [5.74, 6) is -0.00968. The molecule has 1 amide bonds. The molecule has 0 saturated carbocycles. The molecule has 4 heteroatoms. The van der Waals surface area contributed by atoms with Gasteiger partial charge in [0.25, 0.3) is 0 Å². The first-order valence-corrected chi connectivity index (χ1v) is 7.17. The van der Waals surface area contributed by atoms with Crippen LogP contribution in [0.25, 0.3) is 0 Å². The van der Waals surface area contributed by atoms with E-state index in [1.54, 1.807) is 7.11 Å². The Morgan fingerprint density at radius 3 is 2.67 bits per heavy atom. The van der Waals surface area contributed by atoms with Gasteiger partial charge in [0.2, 0.25) is 5.91 Å². The minimum absolute atomic E-state index is 0.00968. The predicted molar refractivity (Wildman–Crippen MR) is 85.6 cm³/mol. The Hall–Kier alpha value is -1.84. The summed E-state index contributed by atoms with van der Waals surface area (Å²) in [5, 5.41) is 3.59. The number of ether oxygens (including phenoxy) is 1. The summed E-state index contributed by atoms with van der Waals surface area (Å²) in [6, 6.07) is 15.2. The highest BCUT2D eigenvalue weighted by Gasteiger charge is 2.04. The molecule has 3 nitrogen and oxygen atoms in total. The van der Waals surface area contributed by atoms with Crippen molar-refractivity contribution in [3.05, 3.63) is 64.7 Å². The maximum atomic E-state index is 12.0. The molecule has 0 aliphatic carbocycles. The zero-order chi connectivity index (χ0) is 15.1. The second-order valence-electron chi connectivity index (χ2n) is 4.81. The van der Waals surface area contributed by atoms with Gasteiger partial charge in [0, 0.05) is 24.2 Å². The van der Waals surface area contributed by atoms with Crippen LogP contribution in [0, 0.1) is 0 Å². The smallest absolute Gasteiger partial charge is 0.224 e. The SMILES string of the molecule is COCc1cccc(NC(=O)CCc2cccc(Cl)c2)c1. The molecular weight excluding hydrogens is 286 g/mol. The first-order valence-electron chi connectivity index (χ1n) is 6.79. The molecule has 2 aromatic carbocycles. The maximum Gasteiger partial charge on any atom is 0.224 e. The number of rotatable bonds is 6. The molecule has 0 spiro atoms. The molecule has 110 valence electrons. The summed E-state index contributed by atoms with van der Waals surface area (Å²) in [6.07, 6.45) is 1.10. The third-order valence-electron chi connectivity index (χ3n) is 3.05. The maximum absolute atomic E-state index is 12.0. The Morgan fingerprint density at radius 1 is 1.14 bits per heavy atom. The minimum Gasteiger partial charge on any atom is -0.380 e. The van der Waals surface area contributed by atoms with Crippen molar-refractivity contribution in [1.82, 2.24) is 0 Å². The van der Waals surface area contributed by atoms with Crippen LogP contribution in [-0.4, -0.2) is 13.0 Å². The Morgan fingerprint density at radius 2 is 1.90 bits per heavy atom. The van der Waals surface area contributed by atoms with Crippen molar-refractivity contribution >= 4 is 23.2 Å². The Balaban J connectivity index is 1.88. The highest BCUT2D eigenvalue weighted by Crippen LogP contribution is 2.14. The molecule has 21 heavy (non-hydrogen) atoms. The third kappa shape index (κ3) is 5.21. The monoisotopic (exact) mass is 303 g/mol. The Kier molecular flexibility index (Phi) is 5.78. The van der Waals surface area contributed by atoms with E-state index in [1.165, 1.54) is 0 Å². The number of halogens is 1. The van der Waals surface area contributed by atoms with Crippen LogP contribution in [0.5, 0.6) is 0 Å². The fourth-order valence-corrected chi connectivity index (χ4v) is 2.29. The van der Waals surface area contributed by atoms with Crippen LogP contribution in [0.2, 0.25) is 5.02 Å². The lowest BCUT2D eigenvalue weighted by molar-refractivity contribution is -0.116. The summed E-state index contributed by atoms with van der Waals surface area (Å²) in [7, 11) is 1.65. The molecule has 2 rings (SSSR count). The van der Waals surface area contributed by atoms with E-state index >= 15 is 0 Å². The number of hydrogen-bond acceptors (Lipinski definition) is 2. The highest BCUT2D eigenvalue weighted by molar-refractivity contribution is 6.30. The lowest BCUT2D eigenvalue weighted by atomic mass is 10.1. The molecule has 0 atom stereocenters. The van der Waals surface area contributed by atoms with Crippen molar-refractivity contribution < 1.29 is 9.53 Å². The molecule has 0 unspecified atom stereocenters. The number of carbonyl (C=O) groups is 1. The quantitative estimate of drug-likeness (QED) is 0.874. The first-order chi connectivity index (χ1) is 10.2. The van der Waals surface area contributed by atoms with Crippen LogP contribution < -0.4 is 5.32 Å². The van der Waals surface area contributed by atoms with Crippen molar-refractivity contribution in [2.24, 2.45) is 0 Å². The van der Waals surface area contributed by atoms with Gasteiger partial charge in [0.1, 0.15) is 0 Å². The summed E-state index contributed by atoms with van der Waals surface area (Å²) < 4.78 is 5.08. The second kappa shape index (κ2) is 7.81. The van der Waals surface area contributed by atoms with Crippen LogP contribution in [0.1, 0.15) is 17.5 Å². The normalized spacial score (nSPS) is 10.4. The minimum atomic E-state index is -0.00968. The van der Waals surface area contributed by atoms with E-state index in [4.69, 9.17) is 16.3 Å². The van der Waals surface area contributed by atoms with Crippen molar-refractivity contribution in [2.75, 3.05) is 12.4 Å². The Bertz CT molecular complexity index is 613. The molecule has 2 aromatic rings. The lowest BCUT2D eigenvalue weighted by Crippen LogP contribution is -2.12. The first kappa shape index (κ1) is 15.5.